The minimum Gasteiger partial charge on any atom is -0.466 e. The Bertz CT molecular complexity index is 724. The minimum atomic E-state index is -0.757. The fraction of sp³-hybridized carbons (Fsp3) is 0.400. The number of benzene rings is 1. The van der Waals surface area contributed by atoms with Crippen LogP contribution in [0.1, 0.15) is 26.7 Å². The number of nitro groups is 1. The van der Waals surface area contributed by atoms with Gasteiger partial charge < -0.3 is 9.47 Å². The van der Waals surface area contributed by atoms with Crippen molar-refractivity contribution in [2.75, 3.05) is 18.6 Å². The fourth-order valence-electron chi connectivity index (χ4n) is 1.78. The normalized spacial score (nSPS) is 11.0. The van der Waals surface area contributed by atoms with E-state index >= 15 is 0 Å². The molecule has 0 bridgehead atoms. The Hall–Kier alpha value is -2.39. The van der Waals surface area contributed by atoms with Crippen molar-refractivity contribution in [1.29, 1.82) is 0 Å². The molecule has 0 aliphatic carbocycles. The van der Waals surface area contributed by atoms with E-state index in [9.17, 15) is 19.7 Å². The third-order valence-corrected chi connectivity index (χ3v) is 3.65. The summed E-state index contributed by atoms with van der Waals surface area (Å²) in [4.78, 5) is 33.8. The van der Waals surface area contributed by atoms with Gasteiger partial charge in [-0.15, -0.1) is 0 Å². The Kier molecular flexibility index (Phi) is 8.80. The maximum Gasteiger partial charge on any atom is 0.354 e. The number of rotatable bonds is 9. The van der Waals surface area contributed by atoms with Crippen LogP contribution in [-0.2, 0) is 19.1 Å². The van der Waals surface area contributed by atoms with Gasteiger partial charge in [-0.25, -0.2) is 4.79 Å². The zero-order valence-corrected chi connectivity index (χ0v) is 15.6. The Balaban J connectivity index is 3.06. The van der Waals surface area contributed by atoms with Crippen molar-refractivity contribution < 1.29 is 24.0 Å². The summed E-state index contributed by atoms with van der Waals surface area (Å²) in [7, 11) is 0. The lowest BCUT2D eigenvalue weighted by atomic mass is 10.2. The molecule has 0 spiro atoms. The number of hydrogen-bond acceptors (Lipinski definition) is 8. The molecule has 1 rings (SSSR count). The summed E-state index contributed by atoms with van der Waals surface area (Å²) < 4.78 is 9.65. The Labute approximate surface area is 159 Å². The second-order valence-corrected chi connectivity index (χ2v) is 5.55. The van der Waals surface area contributed by atoms with E-state index in [1.165, 1.54) is 6.07 Å². The number of halogens is 2. The van der Waals surface area contributed by atoms with E-state index in [2.05, 4.69) is 10.5 Å². The second kappa shape index (κ2) is 10.6. The number of nitrogens with zero attached hydrogens (tertiary/aromatic N) is 2. The van der Waals surface area contributed by atoms with E-state index in [1.54, 1.807) is 13.8 Å². The molecule has 0 unspecified atom stereocenters. The van der Waals surface area contributed by atoms with Gasteiger partial charge in [0.05, 0.1) is 34.6 Å². The standard InChI is InChI=1S/C15H17Cl2N3O6/c1-3-25-14(21)6-5-11(15(22)26-4-2)18-19-12-7-9(16)10(17)8-13(12)20(23)24/h7-8,19H,3-6H2,1-2H3/b18-11-. The van der Waals surface area contributed by atoms with Crippen molar-refractivity contribution in [3.8, 4) is 0 Å². The Morgan fingerprint density at radius 2 is 1.77 bits per heavy atom. The highest BCUT2D eigenvalue weighted by Crippen LogP contribution is 2.34. The third-order valence-electron chi connectivity index (χ3n) is 2.93. The zero-order valence-electron chi connectivity index (χ0n) is 14.1. The minimum absolute atomic E-state index is 0.000763. The predicted octanol–water partition coefficient (Wildman–Crippen LogP) is 3.58. The van der Waals surface area contributed by atoms with Gasteiger partial charge in [-0.3, -0.25) is 20.3 Å². The average Bonchev–Trinajstić information content (AvgIpc) is 2.57. The topological polar surface area (TPSA) is 120 Å². The molecule has 0 atom stereocenters. The van der Waals surface area contributed by atoms with Gasteiger partial charge in [0.1, 0.15) is 11.4 Å². The summed E-state index contributed by atoms with van der Waals surface area (Å²) in [6.07, 6.45) is -0.170. The molecule has 0 aliphatic rings. The summed E-state index contributed by atoms with van der Waals surface area (Å²) in [5.41, 5.74) is 1.84. The highest BCUT2D eigenvalue weighted by molar-refractivity contribution is 6.42. The fourth-order valence-corrected chi connectivity index (χ4v) is 2.10. The van der Waals surface area contributed by atoms with Gasteiger partial charge >= 0.3 is 11.9 Å². The first-order valence-electron chi connectivity index (χ1n) is 7.58. The van der Waals surface area contributed by atoms with Gasteiger partial charge in [0, 0.05) is 12.5 Å². The first kappa shape index (κ1) is 21.7. The van der Waals surface area contributed by atoms with Crippen molar-refractivity contribution in [2.24, 2.45) is 5.10 Å². The number of ether oxygens (including phenoxy) is 2. The lowest BCUT2D eigenvalue weighted by Gasteiger charge is -2.08. The molecule has 0 fully saturated rings. The van der Waals surface area contributed by atoms with Crippen LogP contribution in [0.5, 0.6) is 0 Å². The summed E-state index contributed by atoms with van der Waals surface area (Å²) in [6.45, 7) is 3.57. The van der Waals surface area contributed by atoms with Crippen LogP contribution in [0.2, 0.25) is 10.0 Å². The number of carbonyl (C=O) groups excluding carboxylic acids is 2. The quantitative estimate of drug-likeness (QED) is 0.288. The van der Waals surface area contributed by atoms with Crippen molar-refractivity contribution in [2.45, 2.75) is 26.7 Å². The highest BCUT2D eigenvalue weighted by Gasteiger charge is 2.19. The molecular weight excluding hydrogens is 389 g/mol. The molecule has 0 aliphatic heterocycles. The summed E-state index contributed by atoms with van der Waals surface area (Å²) in [5, 5.41) is 15.0. The number of nitro benzene ring substituents is 1. The Morgan fingerprint density at radius 1 is 1.15 bits per heavy atom. The molecule has 0 saturated heterocycles. The molecule has 0 saturated carbocycles. The van der Waals surface area contributed by atoms with Crippen LogP contribution in [0, 0.1) is 10.1 Å². The SMILES string of the molecule is CCOC(=O)CC/C(=N/Nc1cc(Cl)c(Cl)cc1[N+](=O)[O-])C(=O)OCC. The predicted molar refractivity (Wildman–Crippen MR) is 96.7 cm³/mol. The van der Waals surface area contributed by atoms with Crippen LogP contribution in [-0.4, -0.2) is 35.8 Å². The molecule has 0 heterocycles. The van der Waals surface area contributed by atoms with Crippen LogP contribution in [0.15, 0.2) is 17.2 Å². The molecule has 0 amide bonds. The molecule has 142 valence electrons. The van der Waals surface area contributed by atoms with E-state index in [-0.39, 0.29) is 53.2 Å². The maximum atomic E-state index is 11.9. The summed E-state index contributed by atoms with van der Waals surface area (Å²) in [5.74, 6) is -1.27. The number of anilines is 1. The molecule has 1 aromatic carbocycles. The van der Waals surface area contributed by atoms with Crippen LogP contribution >= 0.6 is 23.2 Å². The van der Waals surface area contributed by atoms with E-state index in [1.807, 2.05) is 0 Å². The van der Waals surface area contributed by atoms with E-state index in [4.69, 9.17) is 32.7 Å². The molecule has 9 nitrogen and oxygen atoms in total. The number of esters is 2. The molecule has 26 heavy (non-hydrogen) atoms. The van der Waals surface area contributed by atoms with E-state index in [0.717, 1.165) is 6.07 Å². The number of hydrazone groups is 1. The largest absolute Gasteiger partial charge is 0.466 e. The molecule has 0 aromatic heterocycles. The maximum absolute atomic E-state index is 11.9. The van der Waals surface area contributed by atoms with Gasteiger partial charge in [0.15, 0.2) is 0 Å². The number of nitrogens with one attached hydrogen (secondary N) is 1. The van der Waals surface area contributed by atoms with E-state index in [0.29, 0.717) is 0 Å². The monoisotopic (exact) mass is 405 g/mol. The number of hydrogen-bond donors (Lipinski definition) is 1. The first-order chi connectivity index (χ1) is 12.3. The lowest BCUT2D eigenvalue weighted by Crippen LogP contribution is -2.20. The van der Waals surface area contributed by atoms with Crippen molar-refractivity contribution in [3.05, 3.63) is 32.3 Å². The summed E-state index contributed by atoms with van der Waals surface area (Å²) in [6, 6.07) is 2.27. The highest BCUT2D eigenvalue weighted by atomic mass is 35.5. The molecule has 1 aromatic rings. The lowest BCUT2D eigenvalue weighted by molar-refractivity contribution is -0.383. The van der Waals surface area contributed by atoms with Crippen LogP contribution in [0.4, 0.5) is 11.4 Å². The van der Waals surface area contributed by atoms with Crippen molar-refractivity contribution in [3.63, 3.8) is 0 Å². The van der Waals surface area contributed by atoms with Gasteiger partial charge in [0.25, 0.3) is 5.69 Å². The Morgan fingerprint density at radius 3 is 2.35 bits per heavy atom. The van der Waals surface area contributed by atoms with Crippen molar-refractivity contribution in [1.82, 2.24) is 0 Å². The van der Waals surface area contributed by atoms with Gasteiger partial charge in [-0.05, 0) is 19.9 Å². The zero-order chi connectivity index (χ0) is 19.7. The molecule has 0 radical (unpaired) electrons. The smallest absolute Gasteiger partial charge is 0.354 e. The van der Waals surface area contributed by atoms with Crippen LogP contribution in [0.3, 0.4) is 0 Å². The van der Waals surface area contributed by atoms with Gasteiger partial charge in [-0.2, -0.15) is 5.10 Å². The molecule has 1 N–H and O–H groups in total. The number of carbonyl (C=O) groups is 2. The summed E-state index contributed by atoms with van der Waals surface area (Å²) >= 11 is 11.6. The third kappa shape index (κ3) is 6.49. The van der Waals surface area contributed by atoms with Crippen LogP contribution in [0.25, 0.3) is 0 Å². The molecular formula is C15H17Cl2N3O6. The second-order valence-electron chi connectivity index (χ2n) is 4.74. The molecule has 11 heteroatoms. The van der Waals surface area contributed by atoms with Gasteiger partial charge in [-0.1, -0.05) is 23.2 Å². The first-order valence-corrected chi connectivity index (χ1v) is 8.34. The van der Waals surface area contributed by atoms with E-state index < -0.39 is 16.9 Å². The van der Waals surface area contributed by atoms with Gasteiger partial charge in [0.2, 0.25) is 0 Å². The van der Waals surface area contributed by atoms with Crippen molar-refractivity contribution >= 4 is 52.2 Å². The average molecular weight is 406 g/mol. The van der Waals surface area contributed by atoms with Crippen LogP contribution < -0.4 is 5.43 Å².